The first kappa shape index (κ1) is 22.1. The molecule has 0 bridgehead atoms. The summed E-state index contributed by atoms with van der Waals surface area (Å²) in [5.41, 5.74) is 0.585. The summed E-state index contributed by atoms with van der Waals surface area (Å²) in [4.78, 5) is 12.4. The highest BCUT2D eigenvalue weighted by Gasteiger charge is 2.34. The Labute approximate surface area is 179 Å². The fourth-order valence-electron chi connectivity index (χ4n) is 2.88. The average molecular weight is 452 g/mol. The van der Waals surface area contributed by atoms with Crippen LogP contribution in [0.2, 0.25) is 5.02 Å². The third-order valence-corrected chi connectivity index (χ3v) is 6.29. The summed E-state index contributed by atoms with van der Waals surface area (Å²) in [5.74, 6) is 0.754. The van der Waals surface area contributed by atoms with Crippen molar-refractivity contribution in [3.63, 3.8) is 0 Å². The lowest BCUT2D eigenvalue weighted by atomic mass is 10.2. The van der Waals surface area contributed by atoms with Gasteiger partial charge in [-0.2, -0.15) is 0 Å². The van der Waals surface area contributed by atoms with Crippen molar-refractivity contribution in [3.8, 4) is 11.5 Å². The van der Waals surface area contributed by atoms with Gasteiger partial charge in [-0.05, 0) is 32.9 Å². The van der Waals surface area contributed by atoms with Gasteiger partial charge in [0.15, 0.2) is 11.6 Å². The van der Waals surface area contributed by atoms with Crippen LogP contribution in [-0.2, 0) is 14.8 Å². The van der Waals surface area contributed by atoms with E-state index in [1.54, 1.807) is 22.9 Å². The van der Waals surface area contributed by atoms with Gasteiger partial charge in [0.2, 0.25) is 16.0 Å². The molecule has 12 heteroatoms. The molecule has 3 rings (SSSR count). The van der Waals surface area contributed by atoms with E-state index >= 15 is 0 Å². The second-order valence-electron chi connectivity index (χ2n) is 6.79. The Morgan fingerprint density at radius 2 is 1.80 bits per heavy atom. The van der Waals surface area contributed by atoms with Crippen LogP contribution in [0, 0.1) is 0 Å². The Kier molecular flexibility index (Phi) is 6.64. The molecule has 0 saturated heterocycles. The fraction of sp³-hybridized carbons (Fsp3) is 0.389. The number of pyridine rings is 1. The molecular weight excluding hydrogens is 430 g/mol. The van der Waals surface area contributed by atoms with E-state index in [4.69, 9.17) is 16.3 Å². The van der Waals surface area contributed by atoms with Crippen LogP contribution in [0.4, 0.5) is 5.95 Å². The molecule has 0 aliphatic rings. The van der Waals surface area contributed by atoms with Crippen molar-refractivity contribution >= 4 is 27.6 Å². The molecule has 0 spiro atoms. The van der Waals surface area contributed by atoms with Gasteiger partial charge in [0.1, 0.15) is 17.0 Å². The van der Waals surface area contributed by atoms with Gasteiger partial charge in [-0.1, -0.05) is 17.7 Å². The maximum absolute atomic E-state index is 13.1. The lowest BCUT2D eigenvalue weighted by molar-refractivity contribution is 0.0950. The quantitative estimate of drug-likeness (QED) is 0.554. The van der Waals surface area contributed by atoms with Gasteiger partial charge < -0.3 is 4.74 Å². The molecule has 3 aromatic rings. The van der Waals surface area contributed by atoms with Gasteiger partial charge in [-0.3, -0.25) is 14.3 Å². The Bertz CT molecular complexity index is 1090. The van der Waals surface area contributed by atoms with E-state index in [1.165, 1.54) is 26.4 Å². The van der Waals surface area contributed by atoms with E-state index in [0.717, 1.165) is 0 Å². The molecule has 0 aromatic carbocycles. The summed E-state index contributed by atoms with van der Waals surface area (Å²) in [6.07, 6.45) is 3.50. The lowest BCUT2D eigenvalue weighted by Gasteiger charge is -2.22. The van der Waals surface area contributed by atoms with E-state index in [-0.39, 0.29) is 17.8 Å². The molecule has 0 saturated carbocycles. The first-order valence-corrected chi connectivity index (χ1v) is 11.0. The zero-order chi connectivity index (χ0) is 21.9. The molecule has 2 atom stereocenters. The zero-order valence-corrected chi connectivity index (χ0v) is 18.5. The highest BCUT2D eigenvalue weighted by Crippen LogP contribution is 2.27. The summed E-state index contributed by atoms with van der Waals surface area (Å²) >= 11 is 5.82. The van der Waals surface area contributed by atoms with Crippen LogP contribution < -0.4 is 4.72 Å². The number of nitrogens with one attached hydrogen (secondary N) is 1. The number of anilines is 1. The molecule has 2 unspecified atom stereocenters. The second-order valence-corrected chi connectivity index (χ2v) is 9.27. The molecule has 0 radical (unpaired) electrons. The van der Waals surface area contributed by atoms with Crippen molar-refractivity contribution in [2.24, 2.45) is 0 Å². The fourth-order valence-corrected chi connectivity index (χ4v) is 4.11. The van der Waals surface area contributed by atoms with Gasteiger partial charge >= 0.3 is 0 Å². The number of nitrogens with zero attached hydrogens (tertiary/aromatic N) is 6. The SMILES string of the molecule is COC(c1ncc(Cl)cn1)C(C)S(=O)(=O)Nc1nnc(-c2ccccn2)n1C(C)C. The summed E-state index contributed by atoms with van der Waals surface area (Å²) in [6, 6.07) is 5.27. The van der Waals surface area contributed by atoms with Gasteiger partial charge in [-0.25, -0.2) is 18.4 Å². The predicted molar refractivity (Wildman–Crippen MR) is 112 cm³/mol. The van der Waals surface area contributed by atoms with Crippen LogP contribution in [0.1, 0.15) is 38.7 Å². The van der Waals surface area contributed by atoms with E-state index in [2.05, 4.69) is 29.9 Å². The van der Waals surface area contributed by atoms with Gasteiger partial charge in [0.05, 0.1) is 5.02 Å². The third kappa shape index (κ3) is 4.58. The summed E-state index contributed by atoms with van der Waals surface area (Å²) in [6.45, 7) is 5.30. The molecular formula is C18H22ClN7O3S. The van der Waals surface area contributed by atoms with Crippen LogP contribution in [-0.4, -0.2) is 50.5 Å². The van der Waals surface area contributed by atoms with Gasteiger partial charge in [-0.15, -0.1) is 10.2 Å². The van der Waals surface area contributed by atoms with Crippen molar-refractivity contribution in [1.29, 1.82) is 0 Å². The maximum atomic E-state index is 13.1. The summed E-state index contributed by atoms with van der Waals surface area (Å²) in [7, 11) is -2.55. The largest absolute Gasteiger partial charge is 0.372 e. The van der Waals surface area contributed by atoms with Crippen LogP contribution in [0.3, 0.4) is 0 Å². The predicted octanol–water partition coefficient (Wildman–Crippen LogP) is 2.88. The third-order valence-electron chi connectivity index (χ3n) is 4.40. The van der Waals surface area contributed by atoms with Gasteiger partial charge in [0, 0.05) is 31.7 Å². The van der Waals surface area contributed by atoms with Crippen LogP contribution in [0.5, 0.6) is 0 Å². The topological polar surface area (TPSA) is 125 Å². The Hall–Kier alpha value is -2.63. The lowest BCUT2D eigenvalue weighted by Crippen LogP contribution is -2.33. The molecule has 3 aromatic heterocycles. The minimum atomic E-state index is -3.94. The number of methoxy groups -OCH3 is 1. The molecule has 0 aliphatic heterocycles. The molecule has 10 nitrogen and oxygen atoms in total. The average Bonchev–Trinajstić information content (AvgIpc) is 3.13. The summed E-state index contributed by atoms with van der Waals surface area (Å²) in [5, 5.41) is 7.49. The first-order chi connectivity index (χ1) is 14.2. The van der Waals surface area contributed by atoms with E-state index in [9.17, 15) is 8.42 Å². The van der Waals surface area contributed by atoms with Crippen molar-refractivity contribution in [3.05, 3.63) is 47.6 Å². The Morgan fingerprint density at radius 3 is 2.37 bits per heavy atom. The smallest absolute Gasteiger partial charge is 0.240 e. The van der Waals surface area contributed by atoms with Crippen molar-refractivity contribution in [2.45, 2.75) is 38.2 Å². The van der Waals surface area contributed by atoms with Crippen LogP contribution in [0.25, 0.3) is 11.5 Å². The number of sulfonamides is 1. The maximum Gasteiger partial charge on any atom is 0.240 e. The van der Waals surface area contributed by atoms with Crippen molar-refractivity contribution < 1.29 is 13.2 Å². The van der Waals surface area contributed by atoms with Crippen molar-refractivity contribution in [1.82, 2.24) is 29.7 Å². The molecule has 0 amide bonds. The van der Waals surface area contributed by atoms with Crippen LogP contribution >= 0.6 is 11.6 Å². The van der Waals surface area contributed by atoms with Gasteiger partial charge in [0.25, 0.3) is 0 Å². The minimum absolute atomic E-state index is 0.0874. The van der Waals surface area contributed by atoms with E-state index < -0.39 is 21.4 Å². The van der Waals surface area contributed by atoms with Crippen LogP contribution in [0.15, 0.2) is 36.8 Å². The monoisotopic (exact) mass is 451 g/mol. The molecule has 0 fully saturated rings. The zero-order valence-electron chi connectivity index (χ0n) is 16.9. The number of hydrogen-bond acceptors (Lipinski definition) is 8. The molecule has 1 N–H and O–H groups in total. The Balaban J connectivity index is 1.92. The highest BCUT2D eigenvalue weighted by atomic mass is 35.5. The molecule has 30 heavy (non-hydrogen) atoms. The normalized spacial score (nSPS) is 13.9. The standard InChI is InChI=1S/C18H22ClN7O3S/c1-11(2)26-17(14-7-5-6-8-20-14)23-24-18(26)25-30(27,28)12(3)15(29-4)16-21-9-13(19)10-22-16/h5-12,15H,1-4H3,(H,24,25). The molecule has 3 heterocycles. The number of rotatable bonds is 8. The molecule has 160 valence electrons. The molecule has 0 aliphatic carbocycles. The minimum Gasteiger partial charge on any atom is -0.372 e. The number of aromatic nitrogens is 6. The van der Waals surface area contributed by atoms with E-state index in [0.29, 0.717) is 16.5 Å². The second kappa shape index (κ2) is 9.02. The van der Waals surface area contributed by atoms with E-state index in [1.807, 2.05) is 19.9 Å². The highest BCUT2D eigenvalue weighted by molar-refractivity contribution is 7.93. The number of hydrogen-bond donors (Lipinski definition) is 1. The number of ether oxygens (including phenoxy) is 1. The Morgan fingerprint density at radius 1 is 1.10 bits per heavy atom. The number of halogens is 1. The first-order valence-electron chi connectivity index (χ1n) is 9.12. The summed E-state index contributed by atoms with van der Waals surface area (Å²) < 4.78 is 35.8. The van der Waals surface area contributed by atoms with Crippen molar-refractivity contribution in [2.75, 3.05) is 11.8 Å².